The largest absolute Gasteiger partial charge is 0.497 e. The van der Waals surface area contributed by atoms with Crippen LogP contribution in [0.2, 0.25) is 0 Å². The number of methoxy groups -OCH3 is 1. The fraction of sp³-hybridized carbons (Fsp3) is 0.510. The maximum atomic E-state index is 13.8. The Labute approximate surface area is 371 Å². The quantitative estimate of drug-likeness (QED) is 0.0885. The van der Waals surface area contributed by atoms with E-state index in [0.717, 1.165) is 11.1 Å². The molecule has 0 spiro atoms. The average molecular weight is 877 g/mol. The van der Waals surface area contributed by atoms with Gasteiger partial charge < -0.3 is 57.2 Å². The van der Waals surface area contributed by atoms with E-state index in [4.69, 9.17) is 52.1 Å². The third-order valence-corrected chi connectivity index (χ3v) is 10.1. The molecule has 3 aromatic rings. The number of aliphatic hydroxyl groups is 1. The van der Waals surface area contributed by atoms with Crippen molar-refractivity contribution < 1.29 is 66.8 Å². The summed E-state index contributed by atoms with van der Waals surface area (Å²) in [6, 6.07) is 26.0. The van der Waals surface area contributed by atoms with Crippen molar-refractivity contribution in [2.45, 2.75) is 116 Å². The molecule has 0 amide bonds. The summed E-state index contributed by atoms with van der Waals surface area (Å²) in [5.74, 6) is -0.168. The number of carbonyl (C=O) groups is 2. The Morgan fingerprint density at radius 3 is 1.57 bits per heavy atom. The van der Waals surface area contributed by atoms with Crippen LogP contribution in [0.1, 0.15) is 52.7 Å². The zero-order valence-corrected chi connectivity index (χ0v) is 37.4. The van der Waals surface area contributed by atoms with Crippen LogP contribution in [0.15, 0.2) is 110 Å². The van der Waals surface area contributed by atoms with Crippen LogP contribution in [0.5, 0.6) is 11.5 Å². The summed E-state index contributed by atoms with van der Waals surface area (Å²) in [5.41, 5.74) is -0.0946. The second-order valence-corrected chi connectivity index (χ2v) is 17.4. The minimum atomic E-state index is -1.43. The molecule has 0 aliphatic carbocycles. The number of aliphatic hydroxyl groups excluding tert-OH is 1. The molecule has 0 saturated carbocycles. The highest BCUT2D eigenvalue weighted by Crippen LogP contribution is 2.37. The number of benzene rings is 3. The number of hydrogen-bond donors (Lipinski definition) is 1. The van der Waals surface area contributed by atoms with Crippen LogP contribution in [-0.4, -0.2) is 112 Å². The van der Waals surface area contributed by atoms with Gasteiger partial charge in [-0.2, -0.15) is 0 Å². The molecule has 344 valence electrons. The summed E-state index contributed by atoms with van der Waals surface area (Å²) >= 11 is 0. The van der Waals surface area contributed by atoms with E-state index in [1.807, 2.05) is 60.7 Å². The molecule has 0 unspecified atom stereocenters. The molecule has 14 heteroatoms. The fourth-order valence-corrected chi connectivity index (χ4v) is 6.68. The topological polar surface area (TPSA) is 156 Å². The highest BCUT2D eigenvalue weighted by Gasteiger charge is 2.56. The minimum absolute atomic E-state index is 0.00161. The van der Waals surface area contributed by atoms with Crippen molar-refractivity contribution in [3.8, 4) is 11.5 Å². The Morgan fingerprint density at radius 2 is 1.08 bits per heavy atom. The van der Waals surface area contributed by atoms with E-state index in [0.29, 0.717) is 11.5 Å². The summed E-state index contributed by atoms with van der Waals surface area (Å²) in [7, 11) is 1.56. The number of rotatable bonds is 21. The molecule has 0 bridgehead atoms. The molecule has 2 heterocycles. The van der Waals surface area contributed by atoms with Gasteiger partial charge in [-0.1, -0.05) is 72.8 Å². The van der Waals surface area contributed by atoms with Gasteiger partial charge in [0.1, 0.15) is 48.1 Å². The monoisotopic (exact) mass is 876 g/mol. The smallest absolute Gasteiger partial charge is 0.311 e. The molecule has 63 heavy (non-hydrogen) atoms. The number of carbonyl (C=O) groups excluding carboxylic acids is 2. The predicted octanol–water partition coefficient (Wildman–Crippen LogP) is 6.76. The standard InChI is InChI=1S/C49H64O14/c1-10-26-56-40-38(50)36(30-54-28-32-18-14-12-15-19-32)59-45(42(40)62-46(51)48(3,4)5)61-39-37(31-55-29-33-20-16-13-17-21-33)60-44(58-35-24-22-34(53-9)23-25-35)43(41(39)57-27-11-2)63-47(52)49(6,7)8/h10-25,36-45,50H,1-2,26-31H2,3-9H3/t36-,37-,38+,39+,40+,41+,42-,43-,44-,45+/m1/s1. The normalized spacial score (nSPS) is 26.3. The highest BCUT2D eigenvalue weighted by atomic mass is 16.8. The Balaban J connectivity index is 1.58. The first-order valence-electron chi connectivity index (χ1n) is 21.2. The Kier molecular flexibility index (Phi) is 18.3. The van der Waals surface area contributed by atoms with E-state index in [-0.39, 0.29) is 39.6 Å². The Bertz CT molecular complexity index is 1860. The summed E-state index contributed by atoms with van der Waals surface area (Å²) in [6.07, 6.45) is -9.07. The van der Waals surface area contributed by atoms with E-state index >= 15 is 0 Å². The third-order valence-electron chi connectivity index (χ3n) is 10.1. The minimum Gasteiger partial charge on any atom is -0.497 e. The third kappa shape index (κ3) is 14.2. The lowest BCUT2D eigenvalue weighted by Crippen LogP contribution is -2.67. The van der Waals surface area contributed by atoms with Gasteiger partial charge in [-0.05, 0) is 76.9 Å². The zero-order valence-electron chi connectivity index (χ0n) is 37.4. The van der Waals surface area contributed by atoms with Crippen LogP contribution in [-0.2, 0) is 65.4 Å². The fourth-order valence-electron chi connectivity index (χ4n) is 6.68. The van der Waals surface area contributed by atoms with Gasteiger partial charge >= 0.3 is 11.9 Å². The molecule has 0 aromatic heterocycles. The molecule has 2 fully saturated rings. The van der Waals surface area contributed by atoms with Crippen molar-refractivity contribution in [3.63, 3.8) is 0 Å². The van der Waals surface area contributed by atoms with Crippen LogP contribution in [0.25, 0.3) is 0 Å². The van der Waals surface area contributed by atoms with Crippen LogP contribution < -0.4 is 9.47 Å². The van der Waals surface area contributed by atoms with Crippen LogP contribution in [0.3, 0.4) is 0 Å². The molecule has 2 aliphatic heterocycles. The van der Waals surface area contributed by atoms with Gasteiger partial charge in [0.25, 0.3) is 0 Å². The van der Waals surface area contributed by atoms with Gasteiger partial charge in [-0.15, -0.1) is 13.2 Å². The molecular weight excluding hydrogens is 813 g/mol. The SMILES string of the molecule is C=CCO[C@H]1[C@@H](O[C@@H]2O[C@H](COCc3ccccc3)[C@H](O)[C@H](OCC=C)[C@H]2OC(=O)C(C)(C)C)[C@@H](COCc2ccccc2)O[C@@H](Oc2ccc(OC)cc2)[C@@H]1OC(=O)C(C)(C)C. The second-order valence-electron chi connectivity index (χ2n) is 17.4. The van der Waals surface area contributed by atoms with Gasteiger partial charge in [0.15, 0.2) is 18.5 Å². The molecule has 10 atom stereocenters. The summed E-state index contributed by atoms with van der Waals surface area (Å²) in [5, 5.41) is 11.9. The molecule has 2 aliphatic rings. The maximum Gasteiger partial charge on any atom is 0.311 e. The van der Waals surface area contributed by atoms with Crippen LogP contribution >= 0.6 is 0 Å². The lowest BCUT2D eigenvalue weighted by molar-refractivity contribution is -0.360. The zero-order chi connectivity index (χ0) is 45.6. The summed E-state index contributed by atoms with van der Waals surface area (Å²) in [4.78, 5) is 27.5. The summed E-state index contributed by atoms with van der Waals surface area (Å²) < 4.78 is 69.5. The van der Waals surface area contributed by atoms with Gasteiger partial charge in [-0.3, -0.25) is 9.59 Å². The van der Waals surface area contributed by atoms with Crippen LogP contribution in [0, 0.1) is 10.8 Å². The number of esters is 2. The van der Waals surface area contributed by atoms with Crippen molar-refractivity contribution >= 4 is 11.9 Å². The van der Waals surface area contributed by atoms with Gasteiger partial charge in [0.05, 0.1) is 57.6 Å². The molecular formula is C49H64O14. The molecule has 3 aromatic carbocycles. The predicted molar refractivity (Wildman–Crippen MR) is 233 cm³/mol. The molecule has 1 N–H and O–H groups in total. The van der Waals surface area contributed by atoms with Gasteiger partial charge in [0, 0.05) is 0 Å². The molecule has 14 nitrogen and oxygen atoms in total. The van der Waals surface area contributed by atoms with E-state index in [1.54, 1.807) is 79.0 Å². The van der Waals surface area contributed by atoms with E-state index in [1.165, 1.54) is 6.08 Å². The Hall–Kier alpha value is -4.64. The molecule has 2 saturated heterocycles. The number of ether oxygens (including phenoxy) is 11. The first-order chi connectivity index (χ1) is 30.1. The first-order valence-corrected chi connectivity index (χ1v) is 21.2. The second kappa shape index (κ2) is 23.3. The van der Waals surface area contributed by atoms with Gasteiger partial charge in [0.2, 0.25) is 6.29 Å². The first kappa shape index (κ1) is 49.4. The highest BCUT2D eigenvalue weighted by molar-refractivity contribution is 5.76. The maximum absolute atomic E-state index is 13.8. The van der Waals surface area contributed by atoms with E-state index < -0.39 is 84.2 Å². The van der Waals surface area contributed by atoms with Crippen molar-refractivity contribution in [3.05, 3.63) is 121 Å². The van der Waals surface area contributed by atoms with Crippen molar-refractivity contribution in [2.24, 2.45) is 10.8 Å². The lowest BCUT2D eigenvalue weighted by atomic mass is 9.94. The van der Waals surface area contributed by atoms with E-state index in [9.17, 15) is 14.7 Å². The molecule has 0 radical (unpaired) electrons. The van der Waals surface area contributed by atoms with Crippen molar-refractivity contribution in [1.82, 2.24) is 0 Å². The van der Waals surface area contributed by atoms with Crippen molar-refractivity contribution in [2.75, 3.05) is 33.5 Å². The molecule has 5 rings (SSSR count). The van der Waals surface area contributed by atoms with Gasteiger partial charge in [-0.25, -0.2) is 0 Å². The van der Waals surface area contributed by atoms with E-state index in [2.05, 4.69) is 13.2 Å². The number of hydrogen-bond acceptors (Lipinski definition) is 14. The Morgan fingerprint density at radius 1 is 0.619 bits per heavy atom. The average Bonchev–Trinajstić information content (AvgIpc) is 3.26. The lowest BCUT2D eigenvalue weighted by Gasteiger charge is -2.49. The van der Waals surface area contributed by atoms with Crippen LogP contribution in [0.4, 0.5) is 0 Å². The summed E-state index contributed by atoms with van der Waals surface area (Å²) in [6.45, 7) is 18.2. The van der Waals surface area contributed by atoms with Crippen molar-refractivity contribution in [1.29, 1.82) is 0 Å².